The van der Waals surface area contributed by atoms with Gasteiger partial charge < -0.3 is 5.32 Å². The number of carbonyl (C=O) groups is 1. The van der Waals surface area contributed by atoms with Gasteiger partial charge in [0.15, 0.2) is 5.82 Å². The number of amides is 1. The highest BCUT2D eigenvalue weighted by molar-refractivity contribution is 5.93. The van der Waals surface area contributed by atoms with Crippen LogP contribution >= 0.6 is 0 Å². The van der Waals surface area contributed by atoms with Gasteiger partial charge in [0.1, 0.15) is 5.69 Å². The summed E-state index contributed by atoms with van der Waals surface area (Å²) < 4.78 is 78.6. The van der Waals surface area contributed by atoms with E-state index in [1.807, 2.05) is 0 Å². The van der Waals surface area contributed by atoms with Gasteiger partial charge in [-0.25, -0.2) is 18.2 Å². The third-order valence-corrected chi connectivity index (χ3v) is 4.51. The van der Waals surface area contributed by atoms with Crippen molar-refractivity contribution in [1.29, 1.82) is 0 Å². The lowest BCUT2D eigenvalue weighted by Gasteiger charge is -2.13. The molecule has 1 atom stereocenters. The SMILES string of the molecule is C=C(CCC(F)F)C(=O)NC1CCn2nc(-c3cc(C(F)(F)F)ncc3F)cc21. The summed E-state index contributed by atoms with van der Waals surface area (Å²) in [5.74, 6) is -1.56. The summed E-state index contributed by atoms with van der Waals surface area (Å²) in [6.07, 6.45) is -7.00. The van der Waals surface area contributed by atoms with E-state index in [0.29, 0.717) is 30.9 Å². The fourth-order valence-electron chi connectivity index (χ4n) is 3.01. The number of rotatable bonds is 6. The quantitative estimate of drug-likeness (QED) is 0.563. The van der Waals surface area contributed by atoms with E-state index in [4.69, 9.17) is 0 Å². The standard InChI is InChI=1S/C18H16F6N4O/c1-9(2-3-16(20)21)17(29)26-12-4-5-28-14(12)7-13(27-28)10-6-15(18(22,23)24)25-8-11(10)19/h6-8,12,16H,1-5H2,(H,26,29). The lowest BCUT2D eigenvalue weighted by molar-refractivity contribution is -0.141. The molecule has 29 heavy (non-hydrogen) atoms. The molecule has 11 heteroatoms. The van der Waals surface area contributed by atoms with E-state index in [1.54, 1.807) is 0 Å². The maximum Gasteiger partial charge on any atom is 0.433 e. The van der Waals surface area contributed by atoms with Crippen LogP contribution in [0.1, 0.15) is 36.7 Å². The van der Waals surface area contributed by atoms with Crippen molar-refractivity contribution in [2.45, 2.75) is 44.5 Å². The van der Waals surface area contributed by atoms with Crippen LogP contribution in [0.5, 0.6) is 0 Å². The molecular weight excluding hydrogens is 402 g/mol. The third-order valence-electron chi connectivity index (χ3n) is 4.51. The van der Waals surface area contributed by atoms with Crippen LogP contribution in [0, 0.1) is 5.82 Å². The number of alkyl halides is 5. The van der Waals surface area contributed by atoms with E-state index < -0.39 is 42.5 Å². The van der Waals surface area contributed by atoms with Crippen molar-refractivity contribution in [3.8, 4) is 11.3 Å². The van der Waals surface area contributed by atoms with Gasteiger partial charge in [-0.1, -0.05) is 6.58 Å². The van der Waals surface area contributed by atoms with Gasteiger partial charge in [0, 0.05) is 24.1 Å². The molecule has 0 radical (unpaired) electrons. The minimum Gasteiger partial charge on any atom is -0.344 e. The predicted octanol–water partition coefficient (Wildman–Crippen LogP) is 4.27. The molecule has 156 valence electrons. The van der Waals surface area contributed by atoms with Gasteiger partial charge in [0.25, 0.3) is 0 Å². The fraction of sp³-hybridized carbons (Fsp3) is 0.389. The molecule has 0 fully saturated rings. The lowest BCUT2D eigenvalue weighted by atomic mass is 10.1. The first-order valence-electron chi connectivity index (χ1n) is 8.64. The first kappa shape index (κ1) is 20.9. The monoisotopic (exact) mass is 418 g/mol. The molecule has 0 spiro atoms. The summed E-state index contributed by atoms with van der Waals surface area (Å²) in [5, 5.41) is 6.76. The predicted molar refractivity (Wildman–Crippen MR) is 90.3 cm³/mol. The molecule has 0 bridgehead atoms. The Kier molecular flexibility index (Phi) is 5.67. The van der Waals surface area contributed by atoms with Gasteiger partial charge in [-0.05, 0) is 25.0 Å². The van der Waals surface area contributed by atoms with Crippen molar-refractivity contribution in [2.24, 2.45) is 0 Å². The number of hydrogen-bond acceptors (Lipinski definition) is 3. The van der Waals surface area contributed by atoms with Crippen LogP contribution in [-0.2, 0) is 17.5 Å². The van der Waals surface area contributed by atoms with Crippen LogP contribution in [0.4, 0.5) is 26.3 Å². The zero-order chi connectivity index (χ0) is 21.3. The summed E-state index contributed by atoms with van der Waals surface area (Å²) in [6, 6.07) is 1.42. The second-order valence-corrected chi connectivity index (χ2v) is 6.57. The van der Waals surface area contributed by atoms with E-state index in [2.05, 4.69) is 22.0 Å². The van der Waals surface area contributed by atoms with Crippen molar-refractivity contribution < 1.29 is 31.1 Å². The summed E-state index contributed by atoms with van der Waals surface area (Å²) >= 11 is 0. The highest BCUT2D eigenvalue weighted by atomic mass is 19.4. The Morgan fingerprint density at radius 1 is 1.34 bits per heavy atom. The highest BCUT2D eigenvalue weighted by Gasteiger charge is 2.34. The Labute approximate surface area is 161 Å². The molecule has 1 amide bonds. The average molecular weight is 418 g/mol. The molecule has 0 saturated heterocycles. The first-order valence-corrected chi connectivity index (χ1v) is 8.64. The maximum atomic E-state index is 14.0. The van der Waals surface area contributed by atoms with Gasteiger partial charge in [0.2, 0.25) is 12.3 Å². The lowest BCUT2D eigenvalue weighted by Crippen LogP contribution is -2.28. The van der Waals surface area contributed by atoms with Crippen molar-refractivity contribution in [3.63, 3.8) is 0 Å². The number of carbonyl (C=O) groups excluding carboxylic acids is 1. The van der Waals surface area contributed by atoms with Crippen LogP contribution in [-0.4, -0.2) is 27.1 Å². The van der Waals surface area contributed by atoms with E-state index in [-0.39, 0.29) is 23.3 Å². The molecule has 3 rings (SSSR count). The minimum absolute atomic E-state index is 0.00140. The topological polar surface area (TPSA) is 59.8 Å². The zero-order valence-electron chi connectivity index (χ0n) is 14.9. The Morgan fingerprint density at radius 2 is 2.07 bits per heavy atom. The third kappa shape index (κ3) is 4.60. The normalized spacial score (nSPS) is 16.2. The number of nitrogens with one attached hydrogen (secondary N) is 1. The molecule has 0 saturated carbocycles. The van der Waals surface area contributed by atoms with Gasteiger partial charge in [-0.2, -0.15) is 18.3 Å². The number of nitrogens with zero attached hydrogens (tertiary/aromatic N) is 3. The fourth-order valence-corrected chi connectivity index (χ4v) is 3.01. The molecule has 1 unspecified atom stereocenters. The summed E-state index contributed by atoms with van der Waals surface area (Å²) in [4.78, 5) is 15.2. The number of halogens is 6. The minimum atomic E-state index is -4.74. The molecule has 0 aromatic carbocycles. The number of aryl methyl sites for hydroxylation is 1. The average Bonchev–Trinajstić information content (AvgIpc) is 3.20. The molecule has 1 aliphatic heterocycles. The van der Waals surface area contributed by atoms with Crippen molar-refractivity contribution in [1.82, 2.24) is 20.1 Å². The largest absolute Gasteiger partial charge is 0.433 e. The molecule has 2 aromatic rings. The van der Waals surface area contributed by atoms with E-state index in [9.17, 15) is 31.1 Å². The van der Waals surface area contributed by atoms with Crippen LogP contribution in [0.25, 0.3) is 11.3 Å². The van der Waals surface area contributed by atoms with Gasteiger partial charge in [-0.3, -0.25) is 9.48 Å². The van der Waals surface area contributed by atoms with Gasteiger partial charge in [0.05, 0.1) is 23.6 Å². The first-order chi connectivity index (χ1) is 13.6. The molecule has 1 aliphatic rings. The van der Waals surface area contributed by atoms with Gasteiger partial charge in [-0.15, -0.1) is 0 Å². The smallest absolute Gasteiger partial charge is 0.344 e. The molecular formula is C18H16F6N4O. The van der Waals surface area contributed by atoms with Crippen molar-refractivity contribution in [2.75, 3.05) is 0 Å². The Morgan fingerprint density at radius 3 is 2.72 bits per heavy atom. The number of aromatic nitrogens is 3. The Hall–Kier alpha value is -2.85. The summed E-state index contributed by atoms with van der Waals surface area (Å²) in [6.45, 7) is 3.84. The maximum absolute atomic E-state index is 14.0. The second-order valence-electron chi connectivity index (χ2n) is 6.57. The molecule has 1 N–H and O–H groups in total. The van der Waals surface area contributed by atoms with Crippen LogP contribution in [0.15, 0.2) is 30.5 Å². The number of pyridine rings is 1. The van der Waals surface area contributed by atoms with Crippen LogP contribution in [0.3, 0.4) is 0 Å². The summed E-state index contributed by atoms with van der Waals surface area (Å²) in [5.41, 5.74) is -1.16. The van der Waals surface area contributed by atoms with Crippen LogP contribution in [0.2, 0.25) is 0 Å². The zero-order valence-corrected chi connectivity index (χ0v) is 14.9. The highest BCUT2D eigenvalue weighted by Crippen LogP contribution is 2.34. The Balaban J connectivity index is 1.79. The van der Waals surface area contributed by atoms with Crippen molar-refractivity contribution >= 4 is 5.91 Å². The number of hydrogen-bond donors (Lipinski definition) is 1. The molecule has 5 nitrogen and oxygen atoms in total. The van der Waals surface area contributed by atoms with E-state index in [0.717, 1.165) is 0 Å². The summed E-state index contributed by atoms with van der Waals surface area (Å²) in [7, 11) is 0. The van der Waals surface area contributed by atoms with E-state index >= 15 is 0 Å². The number of fused-ring (bicyclic) bond motifs is 1. The molecule has 3 heterocycles. The van der Waals surface area contributed by atoms with E-state index in [1.165, 1.54) is 10.7 Å². The van der Waals surface area contributed by atoms with Gasteiger partial charge >= 0.3 is 6.18 Å². The van der Waals surface area contributed by atoms with Crippen LogP contribution < -0.4 is 5.32 Å². The molecule has 2 aromatic heterocycles. The molecule has 0 aliphatic carbocycles. The second kappa shape index (κ2) is 7.88. The van der Waals surface area contributed by atoms with Crippen molar-refractivity contribution in [3.05, 3.63) is 47.7 Å². The Bertz CT molecular complexity index is 937.